The maximum absolute atomic E-state index is 4.35. The van der Waals surface area contributed by atoms with Crippen molar-refractivity contribution in [3.8, 4) is 0 Å². The molecule has 0 aromatic rings. The molecule has 2 nitrogen and oxygen atoms in total. The standard InChI is InChI=1S/2C8H18N.2ClH.Hf/c2*1-3-5-7-9-8-6-4-2;;;/h2*3-8H2,1-2H3;2*1H;/q2*-1;;;+4/p-2. The zero-order chi connectivity index (χ0) is 13.9. The van der Waals surface area contributed by atoms with Gasteiger partial charge in [0, 0.05) is 0 Å². The molecule has 0 heterocycles. The summed E-state index contributed by atoms with van der Waals surface area (Å²) >= 11 is 0. The summed E-state index contributed by atoms with van der Waals surface area (Å²) in [4.78, 5) is 0. The van der Waals surface area contributed by atoms with Crippen LogP contribution in [0.2, 0.25) is 0 Å². The van der Waals surface area contributed by atoms with Gasteiger partial charge in [-0.2, -0.15) is 0 Å². The fourth-order valence-electron chi connectivity index (χ4n) is 1.30. The molecule has 0 saturated heterocycles. The Balaban J connectivity index is -0.0000000711. The smallest absolute Gasteiger partial charge is 1.00 e. The van der Waals surface area contributed by atoms with Crippen LogP contribution >= 0.6 is 0 Å². The van der Waals surface area contributed by atoms with E-state index in [1.165, 1.54) is 51.4 Å². The van der Waals surface area contributed by atoms with Gasteiger partial charge < -0.3 is 35.4 Å². The number of rotatable bonds is 12. The normalized spacial score (nSPS) is 8.57. The van der Waals surface area contributed by atoms with Crippen molar-refractivity contribution in [3.63, 3.8) is 0 Å². The van der Waals surface area contributed by atoms with Crippen LogP contribution < -0.4 is 24.8 Å². The molecule has 0 saturated carbocycles. The zero-order valence-corrected chi connectivity index (χ0v) is 19.7. The summed E-state index contributed by atoms with van der Waals surface area (Å²) in [6.07, 6.45) is 10.2. The third-order valence-electron chi connectivity index (χ3n) is 2.68. The molecule has 0 bridgehead atoms. The summed E-state index contributed by atoms with van der Waals surface area (Å²) in [5, 5.41) is 8.70. The fourth-order valence-corrected chi connectivity index (χ4v) is 1.30. The Bertz CT molecular complexity index is 105. The summed E-state index contributed by atoms with van der Waals surface area (Å²) in [5.74, 6) is 0. The Hall–Kier alpha value is 1.37. The third-order valence-corrected chi connectivity index (χ3v) is 2.68. The molecule has 0 N–H and O–H groups in total. The van der Waals surface area contributed by atoms with Crippen LogP contribution in [0.5, 0.6) is 0 Å². The summed E-state index contributed by atoms with van der Waals surface area (Å²) in [6, 6.07) is 0. The van der Waals surface area contributed by atoms with E-state index in [1.54, 1.807) is 0 Å². The first kappa shape index (κ1) is 33.9. The van der Waals surface area contributed by atoms with E-state index in [4.69, 9.17) is 0 Å². The van der Waals surface area contributed by atoms with Crippen LogP contribution in [-0.4, -0.2) is 26.2 Å². The second-order valence-electron chi connectivity index (χ2n) is 4.76. The largest absolute Gasteiger partial charge is 4.00 e. The van der Waals surface area contributed by atoms with Crippen LogP contribution in [0, 0.1) is 0 Å². The Kier molecular flexibility index (Phi) is 60.5. The van der Waals surface area contributed by atoms with Crippen LogP contribution in [0.25, 0.3) is 10.6 Å². The van der Waals surface area contributed by atoms with Gasteiger partial charge in [-0.3, -0.25) is 0 Å². The average Bonchev–Trinajstić information content (AvgIpc) is 2.39. The topological polar surface area (TPSA) is 28.2 Å². The van der Waals surface area contributed by atoms with Gasteiger partial charge in [-0.15, -0.1) is 26.2 Å². The minimum absolute atomic E-state index is 0. The van der Waals surface area contributed by atoms with Crippen LogP contribution in [0.15, 0.2) is 0 Å². The molecule has 0 aliphatic rings. The molecule has 0 aromatic heterocycles. The average molecular weight is 506 g/mol. The Morgan fingerprint density at radius 3 is 0.810 bits per heavy atom. The van der Waals surface area contributed by atoms with Crippen molar-refractivity contribution >= 4 is 0 Å². The quantitative estimate of drug-likeness (QED) is 0.262. The van der Waals surface area contributed by atoms with E-state index in [1.807, 2.05) is 0 Å². The molecule has 0 fully saturated rings. The minimum Gasteiger partial charge on any atom is -1.00 e. The van der Waals surface area contributed by atoms with Crippen molar-refractivity contribution in [2.45, 2.75) is 79.1 Å². The predicted molar refractivity (Wildman–Crippen MR) is 85.8 cm³/mol. The van der Waals surface area contributed by atoms with E-state index < -0.39 is 0 Å². The molecule has 0 radical (unpaired) electrons. The number of nitrogens with zero attached hydrogens (tertiary/aromatic N) is 2. The third kappa shape index (κ3) is 44.9. The van der Waals surface area contributed by atoms with E-state index in [0.717, 1.165) is 26.2 Å². The van der Waals surface area contributed by atoms with Crippen LogP contribution in [-0.2, 0) is 25.8 Å². The molecular weight excluding hydrogens is 470 g/mol. The maximum atomic E-state index is 4.35. The van der Waals surface area contributed by atoms with E-state index >= 15 is 0 Å². The molecule has 0 atom stereocenters. The fraction of sp³-hybridized carbons (Fsp3) is 1.00. The van der Waals surface area contributed by atoms with E-state index in [-0.39, 0.29) is 50.7 Å². The van der Waals surface area contributed by atoms with E-state index in [0.29, 0.717) is 0 Å². The Labute approximate surface area is 166 Å². The van der Waals surface area contributed by atoms with Gasteiger partial charge in [0.2, 0.25) is 0 Å². The molecule has 0 aliphatic carbocycles. The number of unbranched alkanes of at least 4 members (excludes halogenated alkanes) is 4. The van der Waals surface area contributed by atoms with Crippen molar-refractivity contribution in [2.24, 2.45) is 0 Å². The van der Waals surface area contributed by atoms with Crippen molar-refractivity contribution in [1.29, 1.82) is 0 Å². The summed E-state index contributed by atoms with van der Waals surface area (Å²) in [5.41, 5.74) is 0. The van der Waals surface area contributed by atoms with E-state index in [2.05, 4.69) is 38.3 Å². The SMILES string of the molecule is CCCC[N-]CCCC.CCCC[N-]CCCC.[Cl-].[Cl-].[Hf+4]. The summed E-state index contributed by atoms with van der Waals surface area (Å²) in [6.45, 7) is 13.1. The number of halogens is 2. The molecule has 0 aromatic carbocycles. The molecule has 0 amide bonds. The van der Waals surface area contributed by atoms with Crippen LogP contribution in [0.4, 0.5) is 0 Å². The van der Waals surface area contributed by atoms with Gasteiger partial charge in [0.1, 0.15) is 0 Å². The number of hydrogen-bond acceptors (Lipinski definition) is 0. The Morgan fingerprint density at radius 2 is 0.667 bits per heavy atom. The molecule has 0 unspecified atom stereocenters. The number of hydrogen-bond donors (Lipinski definition) is 0. The second-order valence-corrected chi connectivity index (χ2v) is 4.76. The van der Waals surface area contributed by atoms with E-state index in [9.17, 15) is 0 Å². The monoisotopic (exact) mass is 506 g/mol. The first-order valence-electron chi connectivity index (χ1n) is 8.09. The van der Waals surface area contributed by atoms with Gasteiger partial charge in [0.25, 0.3) is 0 Å². The van der Waals surface area contributed by atoms with Crippen LogP contribution in [0.1, 0.15) is 79.1 Å². The van der Waals surface area contributed by atoms with Crippen molar-refractivity contribution in [3.05, 3.63) is 10.6 Å². The molecular formula is C16H36Cl2HfN2. The van der Waals surface area contributed by atoms with Gasteiger partial charge in [-0.1, -0.05) is 79.1 Å². The molecule has 0 rings (SSSR count). The van der Waals surface area contributed by atoms with Crippen molar-refractivity contribution in [2.75, 3.05) is 26.2 Å². The van der Waals surface area contributed by atoms with Gasteiger partial charge in [0.15, 0.2) is 0 Å². The summed E-state index contributed by atoms with van der Waals surface area (Å²) < 4.78 is 0. The molecule has 0 aliphatic heterocycles. The molecule has 0 spiro atoms. The zero-order valence-electron chi connectivity index (χ0n) is 14.6. The molecule has 5 heteroatoms. The van der Waals surface area contributed by atoms with Crippen LogP contribution in [0.3, 0.4) is 0 Å². The minimum atomic E-state index is 0. The first-order chi connectivity index (χ1) is 8.83. The second kappa shape index (κ2) is 37.5. The van der Waals surface area contributed by atoms with Gasteiger partial charge >= 0.3 is 25.8 Å². The predicted octanol–water partition coefficient (Wildman–Crippen LogP) is -0.0739. The summed E-state index contributed by atoms with van der Waals surface area (Å²) in [7, 11) is 0. The molecule has 128 valence electrons. The van der Waals surface area contributed by atoms with Gasteiger partial charge in [-0.05, 0) is 0 Å². The first-order valence-corrected chi connectivity index (χ1v) is 8.09. The molecule has 21 heavy (non-hydrogen) atoms. The van der Waals surface area contributed by atoms with Crippen molar-refractivity contribution < 1.29 is 50.7 Å². The maximum Gasteiger partial charge on any atom is 4.00 e. The van der Waals surface area contributed by atoms with Crippen molar-refractivity contribution in [1.82, 2.24) is 0 Å². The van der Waals surface area contributed by atoms with Gasteiger partial charge in [0.05, 0.1) is 0 Å². The van der Waals surface area contributed by atoms with Gasteiger partial charge in [-0.25, -0.2) is 0 Å². The Morgan fingerprint density at radius 1 is 0.476 bits per heavy atom.